The minimum Gasteiger partial charge on any atom is -0.339 e. The SMILES string of the molecule is CN1CCN(S(=O)(=O)c2ccc(NC(=O)C3CC(=O)N(C4CC4)C3)cc2)CC1. The van der Waals surface area contributed by atoms with Gasteiger partial charge in [0.1, 0.15) is 0 Å². The van der Waals surface area contributed by atoms with E-state index < -0.39 is 10.0 Å². The Morgan fingerprint density at radius 2 is 1.71 bits per heavy atom. The molecule has 152 valence electrons. The summed E-state index contributed by atoms with van der Waals surface area (Å²) in [7, 11) is -1.55. The number of amides is 2. The summed E-state index contributed by atoms with van der Waals surface area (Å²) in [5.41, 5.74) is 0.541. The lowest BCUT2D eigenvalue weighted by Crippen LogP contribution is -2.46. The number of piperazine rings is 1. The lowest BCUT2D eigenvalue weighted by atomic mass is 10.1. The van der Waals surface area contributed by atoms with Crippen molar-refractivity contribution in [2.45, 2.75) is 30.2 Å². The van der Waals surface area contributed by atoms with Crippen LogP contribution < -0.4 is 5.32 Å². The Hall–Kier alpha value is -1.97. The highest BCUT2D eigenvalue weighted by atomic mass is 32.2. The molecule has 1 aromatic carbocycles. The predicted octanol–water partition coefficient (Wildman–Crippen LogP) is 0.572. The first kappa shape index (κ1) is 19.4. The lowest BCUT2D eigenvalue weighted by molar-refractivity contribution is -0.128. The lowest BCUT2D eigenvalue weighted by Gasteiger charge is -2.31. The van der Waals surface area contributed by atoms with Crippen LogP contribution in [0.25, 0.3) is 0 Å². The number of anilines is 1. The molecule has 2 heterocycles. The molecule has 3 fully saturated rings. The highest BCUT2D eigenvalue weighted by Gasteiger charge is 2.41. The van der Waals surface area contributed by atoms with E-state index in [1.807, 2.05) is 11.9 Å². The molecular weight excluding hydrogens is 380 g/mol. The van der Waals surface area contributed by atoms with E-state index in [-0.39, 0.29) is 29.0 Å². The van der Waals surface area contributed by atoms with Crippen LogP contribution in [0.2, 0.25) is 0 Å². The molecule has 2 saturated heterocycles. The number of benzene rings is 1. The molecule has 8 nitrogen and oxygen atoms in total. The quantitative estimate of drug-likeness (QED) is 0.772. The highest BCUT2D eigenvalue weighted by molar-refractivity contribution is 7.89. The van der Waals surface area contributed by atoms with E-state index >= 15 is 0 Å². The third kappa shape index (κ3) is 3.92. The summed E-state index contributed by atoms with van der Waals surface area (Å²) in [5, 5.41) is 2.82. The average Bonchev–Trinajstić information content (AvgIpc) is 3.44. The number of carbonyl (C=O) groups is 2. The topological polar surface area (TPSA) is 90.0 Å². The minimum atomic E-state index is -3.52. The third-order valence-electron chi connectivity index (χ3n) is 5.74. The first-order chi connectivity index (χ1) is 13.3. The second kappa shape index (κ2) is 7.46. The molecule has 1 unspecified atom stereocenters. The van der Waals surface area contributed by atoms with Crippen LogP contribution in [-0.4, -0.2) is 80.2 Å². The molecule has 4 rings (SSSR count). The molecule has 1 atom stereocenters. The molecule has 0 radical (unpaired) electrons. The minimum absolute atomic E-state index is 0.0521. The van der Waals surface area contributed by atoms with Crippen LogP contribution in [0.1, 0.15) is 19.3 Å². The number of likely N-dealkylation sites (tertiary alicyclic amines) is 1. The maximum absolute atomic E-state index is 12.8. The van der Waals surface area contributed by atoms with Crippen molar-refractivity contribution in [3.05, 3.63) is 24.3 Å². The standard InChI is InChI=1S/C19H26N4O4S/c1-21-8-10-22(11-9-21)28(26,27)17-6-2-15(3-7-17)20-19(25)14-12-18(24)23(13-14)16-4-5-16/h2-3,6-7,14,16H,4-5,8-13H2,1H3,(H,20,25). The Kier molecular flexibility index (Phi) is 5.15. The van der Waals surface area contributed by atoms with Crippen molar-refractivity contribution in [3.63, 3.8) is 0 Å². The summed E-state index contributed by atoms with van der Waals surface area (Å²) >= 11 is 0. The first-order valence-corrected chi connectivity index (χ1v) is 11.2. The second-order valence-electron chi connectivity index (χ2n) is 7.90. The summed E-state index contributed by atoms with van der Waals surface area (Å²) < 4.78 is 27.0. The fourth-order valence-corrected chi connectivity index (χ4v) is 5.20. The van der Waals surface area contributed by atoms with Gasteiger partial charge >= 0.3 is 0 Å². The van der Waals surface area contributed by atoms with Crippen LogP contribution in [0.3, 0.4) is 0 Å². The number of carbonyl (C=O) groups excluding carboxylic acids is 2. The zero-order valence-electron chi connectivity index (χ0n) is 16.0. The Balaban J connectivity index is 1.38. The number of nitrogens with one attached hydrogen (secondary N) is 1. The summed E-state index contributed by atoms with van der Waals surface area (Å²) in [4.78, 5) is 28.7. The third-order valence-corrected chi connectivity index (χ3v) is 7.65. The second-order valence-corrected chi connectivity index (χ2v) is 9.84. The van der Waals surface area contributed by atoms with E-state index in [1.54, 1.807) is 12.1 Å². The van der Waals surface area contributed by atoms with Gasteiger partial charge in [0.2, 0.25) is 21.8 Å². The van der Waals surface area contributed by atoms with Crippen molar-refractivity contribution in [2.24, 2.45) is 5.92 Å². The molecule has 0 spiro atoms. The van der Waals surface area contributed by atoms with Gasteiger partial charge in [-0.3, -0.25) is 9.59 Å². The fourth-order valence-electron chi connectivity index (χ4n) is 3.78. The van der Waals surface area contributed by atoms with Crippen molar-refractivity contribution in [1.29, 1.82) is 0 Å². The van der Waals surface area contributed by atoms with Gasteiger partial charge in [-0.15, -0.1) is 0 Å². The Bertz CT molecular complexity index is 858. The molecule has 2 aliphatic heterocycles. The molecule has 1 saturated carbocycles. The molecule has 0 aromatic heterocycles. The van der Waals surface area contributed by atoms with E-state index in [1.165, 1.54) is 16.4 Å². The van der Waals surface area contributed by atoms with Crippen LogP contribution in [-0.2, 0) is 19.6 Å². The fraction of sp³-hybridized carbons (Fsp3) is 0.579. The van der Waals surface area contributed by atoms with E-state index in [0.717, 1.165) is 12.8 Å². The Labute approximate surface area is 165 Å². The molecule has 0 bridgehead atoms. The van der Waals surface area contributed by atoms with Crippen molar-refractivity contribution in [1.82, 2.24) is 14.1 Å². The zero-order valence-corrected chi connectivity index (χ0v) is 16.8. The molecule has 1 aliphatic carbocycles. The summed E-state index contributed by atoms with van der Waals surface area (Å²) in [6, 6.07) is 6.59. The molecule has 3 aliphatic rings. The number of nitrogens with zero attached hydrogens (tertiary/aromatic N) is 3. The van der Waals surface area contributed by atoms with E-state index in [0.29, 0.717) is 44.5 Å². The maximum atomic E-state index is 12.8. The van der Waals surface area contributed by atoms with Crippen molar-refractivity contribution in [2.75, 3.05) is 45.1 Å². The van der Waals surface area contributed by atoms with Crippen molar-refractivity contribution >= 4 is 27.5 Å². The zero-order chi connectivity index (χ0) is 19.9. The van der Waals surface area contributed by atoms with Crippen LogP contribution in [0, 0.1) is 5.92 Å². The first-order valence-electron chi connectivity index (χ1n) is 9.74. The summed E-state index contributed by atoms with van der Waals surface area (Å²) in [6.45, 7) is 2.86. The number of sulfonamides is 1. The Morgan fingerprint density at radius 3 is 2.32 bits per heavy atom. The van der Waals surface area contributed by atoms with Gasteiger partial charge in [0.25, 0.3) is 0 Å². The highest BCUT2D eigenvalue weighted by Crippen LogP contribution is 2.33. The van der Waals surface area contributed by atoms with E-state index in [9.17, 15) is 18.0 Å². The Morgan fingerprint density at radius 1 is 1.07 bits per heavy atom. The largest absolute Gasteiger partial charge is 0.339 e. The predicted molar refractivity (Wildman–Crippen MR) is 104 cm³/mol. The van der Waals surface area contributed by atoms with Gasteiger partial charge in [-0.25, -0.2) is 8.42 Å². The summed E-state index contributed by atoms with van der Waals surface area (Å²) in [6.07, 6.45) is 2.31. The van der Waals surface area contributed by atoms with Crippen LogP contribution in [0.4, 0.5) is 5.69 Å². The molecule has 1 aromatic rings. The van der Waals surface area contributed by atoms with Gasteiger partial charge in [0.15, 0.2) is 0 Å². The molecular formula is C19H26N4O4S. The van der Waals surface area contributed by atoms with E-state index in [4.69, 9.17) is 0 Å². The molecule has 28 heavy (non-hydrogen) atoms. The molecule has 1 N–H and O–H groups in total. The number of rotatable bonds is 5. The van der Waals surface area contributed by atoms with Gasteiger partial charge in [0.05, 0.1) is 10.8 Å². The maximum Gasteiger partial charge on any atom is 0.243 e. The van der Waals surface area contributed by atoms with Gasteiger partial charge in [0, 0.05) is 50.9 Å². The number of hydrogen-bond acceptors (Lipinski definition) is 5. The summed E-state index contributed by atoms with van der Waals surface area (Å²) in [5.74, 6) is -0.482. The van der Waals surface area contributed by atoms with Gasteiger partial charge in [-0.1, -0.05) is 0 Å². The number of hydrogen-bond donors (Lipinski definition) is 1. The van der Waals surface area contributed by atoms with Gasteiger partial charge in [-0.2, -0.15) is 4.31 Å². The van der Waals surface area contributed by atoms with E-state index in [2.05, 4.69) is 10.2 Å². The smallest absolute Gasteiger partial charge is 0.243 e. The molecule has 2 amide bonds. The molecule has 9 heteroatoms. The normalized spacial score (nSPS) is 24.5. The van der Waals surface area contributed by atoms with Gasteiger partial charge in [-0.05, 0) is 44.2 Å². The average molecular weight is 407 g/mol. The van der Waals surface area contributed by atoms with Crippen LogP contribution >= 0.6 is 0 Å². The van der Waals surface area contributed by atoms with Crippen molar-refractivity contribution < 1.29 is 18.0 Å². The monoisotopic (exact) mass is 406 g/mol. The number of likely N-dealkylation sites (N-methyl/N-ethyl adjacent to an activating group) is 1. The van der Waals surface area contributed by atoms with Crippen LogP contribution in [0.15, 0.2) is 29.2 Å². The van der Waals surface area contributed by atoms with Gasteiger partial charge < -0.3 is 15.1 Å². The van der Waals surface area contributed by atoms with Crippen LogP contribution in [0.5, 0.6) is 0 Å². The van der Waals surface area contributed by atoms with Crippen molar-refractivity contribution in [3.8, 4) is 0 Å².